The Morgan fingerprint density at radius 1 is 1.29 bits per heavy atom. The Morgan fingerprint density at radius 2 is 2.05 bits per heavy atom. The number of nitrogens with one attached hydrogen (secondary N) is 1. The van der Waals surface area contributed by atoms with Crippen molar-refractivity contribution in [2.75, 3.05) is 23.4 Å². The van der Waals surface area contributed by atoms with Crippen molar-refractivity contribution in [3.63, 3.8) is 0 Å². The highest BCUT2D eigenvalue weighted by molar-refractivity contribution is 9.10. The van der Waals surface area contributed by atoms with Crippen molar-refractivity contribution >= 4 is 39.6 Å². The van der Waals surface area contributed by atoms with Crippen LogP contribution in [0.3, 0.4) is 0 Å². The van der Waals surface area contributed by atoms with Gasteiger partial charge in [0.25, 0.3) is 0 Å². The molecule has 0 spiro atoms. The monoisotopic (exact) mass is 369 g/mol. The summed E-state index contributed by atoms with van der Waals surface area (Å²) >= 11 is 4.81. The summed E-state index contributed by atoms with van der Waals surface area (Å²) < 4.78 is 0.891. The number of nitrogens with two attached hydrogens (primary N) is 1. The predicted octanol–water partition coefficient (Wildman–Crippen LogP) is 2.31. The van der Waals surface area contributed by atoms with E-state index in [1.165, 1.54) is 11.8 Å². The van der Waals surface area contributed by atoms with Gasteiger partial charge in [-0.15, -0.1) is 0 Å². The van der Waals surface area contributed by atoms with E-state index in [9.17, 15) is 0 Å². The lowest BCUT2D eigenvalue weighted by molar-refractivity contribution is 0.782. The second kappa shape index (κ2) is 7.53. The maximum absolute atomic E-state index is 5.44. The number of rotatable bonds is 6. The third-order valence-corrected chi connectivity index (χ3v) is 4.48. The molecular weight excluding hydrogens is 354 g/mol. The molecule has 0 aliphatic carbocycles. The molecule has 0 unspecified atom stereocenters. The summed E-state index contributed by atoms with van der Waals surface area (Å²) in [5.74, 6) is 6.37. The van der Waals surface area contributed by atoms with Gasteiger partial charge in [0.15, 0.2) is 0 Å². The van der Waals surface area contributed by atoms with Crippen molar-refractivity contribution < 1.29 is 0 Å². The van der Waals surface area contributed by atoms with Gasteiger partial charge in [0, 0.05) is 19.3 Å². The number of pyridine rings is 1. The molecule has 0 aromatic carbocycles. The van der Waals surface area contributed by atoms with Crippen molar-refractivity contribution in [3.05, 3.63) is 22.8 Å². The zero-order valence-corrected chi connectivity index (χ0v) is 14.1. The van der Waals surface area contributed by atoms with Crippen LogP contribution in [0, 0.1) is 0 Å². The van der Waals surface area contributed by atoms with E-state index < -0.39 is 0 Å². The number of hydrogen-bond acceptors (Lipinski definition) is 8. The molecule has 2 aromatic heterocycles. The first-order valence-corrected chi connectivity index (χ1v) is 8.04. The van der Waals surface area contributed by atoms with Gasteiger partial charge in [0.05, 0.1) is 4.47 Å². The van der Waals surface area contributed by atoms with Gasteiger partial charge in [-0.2, -0.15) is 15.0 Å². The molecule has 0 aliphatic rings. The van der Waals surface area contributed by atoms with Crippen LogP contribution in [0.1, 0.15) is 13.8 Å². The number of nitrogens with zero attached hydrogens (tertiary/aromatic N) is 5. The molecule has 0 bridgehead atoms. The third kappa shape index (κ3) is 4.02. The summed E-state index contributed by atoms with van der Waals surface area (Å²) in [5.41, 5.74) is 2.48. The van der Waals surface area contributed by atoms with E-state index in [1.807, 2.05) is 30.9 Å². The molecular formula is C12H16BrN7S. The van der Waals surface area contributed by atoms with Gasteiger partial charge in [0.2, 0.25) is 17.1 Å². The first-order valence-electron chi connectivity index (χ1n) is 6.43. The van der Waals surface area contributed by atoms with E-state index >= 15 is 0 Å². The highest BCUT2D eigenvalue weighted by Gasteiger charge is 2.13. The minimum absolute atomic E-state index is 0.335. The van der Waals surface area contributed by atoms with Crippen LogP contribution in [0.2, 0.25) is 0 Å². The fraction of sp³-hybridized carbons (Fsp3) is 0.333. The third-order valence-electron chi connectivity index (χ3n) is 2.69. The van der Waals surface area contributed by atoms with Gasteiger partial charge in [-0.05, 0) is 53.7 Å². The fourth-order valence-corrected chi connectivity index (χ4v) is 2.85. The van der Waals surface area contributed by atoms with E-state index in [1.54, 1.807) is 6.20 Å². The van der Waals surface area contributed by atoms with Crippen LogP contribution in [0.25, 0.3) is 0 Å². The number of halogens is 1. The lowest BCUT2D eigenvalue weighted by Crippen LogP contribution is -2.25. The Bertz CT molecular complexity index is 606. The number of nitrogen functional groups attached to an aromatic ring is 1. The van der Waals surface area contributed by atoms with Crippen LogP contribution >= 0.6 is 27.7 Å². The van der Waals surface area contributed by atoms with E-state index in [2.05, 4.69) is 41.3 Å². The van der Waals surface area contributed by atoms with E-state index in [0.29, 0.717) is 17.1 Å². The maximum atomic E-state index is 5.44. The molecule has 2 rings (SSSR count). The molecule has 0 saturated heterocycles. The van der Waals surface area contributed by atoms with Crippen LogP contribution in [-0.2, 0) is 0 Å². The summed E-state index contributed by atoms with van der Waals surface area (Å²) in [6.07, 6.45) is 1.72. The van der Waals surface area contributed by atoms with Gasteiger partial charge in [-0.25, -0.2) is 10.8 Å². The zero-order valence-electron chi connectivity index (χ0n) is 11.7. The van der Waals surface area contributed by atoms with Crippen LogP contribution < -0.4 is 16.2 Å². The van der Waals surface area contributed by atoms with E-state index in [-0.39, 0.29) is 0 Å². The number of hydrogen-bond donors (Lipinski definition) is 2. The van der Waals surface area contributed by atoms with Gasteiger partial charge >= 0.3 is 0 Å². The summed E-state index contributed by atoms with van der Waals surface area (Å²) in [4.78, 5) is 19.3. The fourth-order valence-electron chi connectivity index (χ4n) is 1.64. The highest BCUT2D eigenvalue weighted by Crippen LogP contribution is 2.30. The van der Waals surface area contributed by atoms with Crippen molar-refractivity contribution in [2.45, 2.75) is 24.0 Å². The predicted molar refractivity (Wildman–Crippen MR) is 87.3 cm³/mol. The van der Waals surface area contributed by atoms with E-state index in [4.69, 9.17) is 5.84 Å². The van der Waals surface area contributed by atoms with Crippen LogP contribution in [0.4, 0.5) is 11.9 Å². The molecule has 0 radical (unpaired) electrons. The molecule has 2 heterocycles. The first-order chi connectivity index (χ1) is 10.2. The molecule has 0 amide bonds. The Kier molecular flexibility index (Phi) is 5.71. The lowest BCUT2D eigenvalue weighted by atomic mass is 10.5. The SMILES string of the molecule is CCN(CC)c1nc(NN)nc(Sc2ncccc2Br)n1. The Morgan fingerprint density at radius 3 is 2.67 bits per heavy atom. The van der Waals surface area contributed by atoms with Crippen molar-refractivity contribution in [2.24, 2.45) is 5.84 Å². The Hall–Kier alpha value is -1.45. The smallest absolute Gasteiger partial charge is 0.242 e. The summed E-state index contributed by atoms with van der Waals surface area (Å²) in [7, 11) is 0. The van der Waals surface area contributed by atoms with Crippen LogP contribution in [0.5, 0.6) is 0 Å². The average molecular weight is 370 g/mol. The molecule has 112 valence electrons. The standard InChI is InChI=1S/C12H16BrN7S/c1-3-20(4-2)11-16-10(19-14)17-12(18-11)21-9-8(13)6-5-7-15-9/h5-7H,3-4,14H2,1-2H3,(H,16,17,18,19). The lowest BCUT2D eigenvalue weighted by Gasteiger charge is -2.19. The van der Waals surface area contributed by atoms with Crippen LogP contribution in [-0.4, -0.2) is 33.0 Å². The Balaban J connectivity index is 2.35. The van der Waals surface area contributed by atoms with Gasteiger partial charge in [-0.3, -0.25) is 5.43 Å². The molecule has 21 heavy (non-hydrogen) atoms. The maximum Gasteiger partial charge on any atom is 0.242 e. The zero-order chi connectivity index (χ0) is 15.2. The molecule has 0 saturated carbocycles. The first kappa shape index (κ1) is 15.9. The van der Waals surface area contributed by atoms with E-state index in [0.717, 1.165) is 22.6 Å². The molecule has 0 atom stereocenters. The number of hydrazine groups is 1. The molecule has 3 N–H and O–H groups in total. The number of anilines is 2. The largest absolute Gasteiger partial charge is 0.341 e. The number of aromatic nitrogens is 4. The highest BCUT2D eigenvalue weighted by atomic mass is 79.9. The van der Waals surface area contributed by atoms with Crippen molar-refractivity contribution in [1.29, 1.82) is 0 Å². The molecule has 0 fully saturated rings. The summed E-state index contributed by atoms with van der Waals surface area (Å²) in [5, 5.41) is 1.33. The molecule has 2 aromatic rings. The minimum Gasteiger partial charge on any atom is -0.341 e. The van der Waals surface area contributed by atoms with Gasteiger partial charge in [0.1, 0.15) is 5.03 Å². The minimum atomic E-state index is 0.335. The van der Waals surface area contributed by atoms with Gasteiger partial charge < -0.3 is 4.90 Å². The normalized spacial score (nSPS) is 10.5. The molecule has 7 nitrogen and oxygen atoms in total. The molecule has 9 heteroatoms. The Labute approximate surface area is 135 Å². The second-order valence-corrected chi connectivity index (χ2v) is 5.76. The topological polar surface area (TPSA) is 92.9 Å². The molecule has 0 aliphatic heterocycles. The average Bonchev–Trinajstić information content (AvgIpc) is 2.50. The van der Waals surface area contributed by atoms with Crippen LogP contribution in [0.15, 0.2) is 33.0 Å². The van der Waals surface area contributed by atoms with Crippen molar-refractivity contribution in [3.8, 4) is 0 Å². The second-order valence-electron chi connectivity index (χ2n) is 3.95. The van der Waals surface area contributed by atoms with Gasteiger partial charge in [-0.1, -0.05) is 0 Å². The van der Waals surface area contributed by atoms with Crippen molar-refractivity contribution in [1.82, 2.24) is 19.9 Å². The quantitative estimate of drug-likeness (QED) is 0.591. The summed E-state index contributed by atoms with van der Waals surface area (Å²) in [6.45, 7) is 5.71. The summed E-state index contributed by atoms with van der Waals surface area (Å²) in [6, 6.07) is 3.78.